The Hall–Kier alpha value is -1.96. The molecular weight excluding hydrogens is 392 g/mol. The molecule has 32 heavy (non-hydrogen) atoms. The van der Waals surface area contributed by atoms with E-state index in [1.54, 1.807) is 0 Å². The lowest BCUT2D eigenvalue weighted by Gasteiger charge is -2.31. The van der Waals surface area contributed by atoms with Gasteiger partial charge in [0.25, 0.3) is 0 Å². The molecule has 2 rings (SSSR count). The minimum Gasteiger partial charge on any atom is -0.507 e. The second-order valence-electron chi connectivity index (χ2n) is 11.5. The van der Waals surface area contributed by atoms with Crippen LogP contribution in [-0.2, 0) is 23.7 Å². The standard InChI is InChI=1S/C30H46O2/c1-12-15-22(23-16-25(29(6,7)8)27(31)20(13-2)18(23)4)24-17-26(30(9,10)11)28(32)21(14-3)19(24)5/h16-17,22,31-32H,12-15H2,1-11H3. The molecule has 0 aliphatic carbocycles. The molecule has 2 N–H and O–H groups in total. The molecule has 0 radical (unpaired) electrons. The van der Waals surface area contributed by atoms with Crippen molar-refractivity contribution >= 4 is 0 Å². The SMILES string of the molecule is CCCC(c1cc(C(C)(C)C)c(O)c(CC)c1C)c1cc(C(C)(C)C)c(O)c(CC)c1C. The van der Waals surface area contributed by atoms with Crippen molar-refractivity contribution in [2.24, 2.45) is 0 Å². The van der Waals surface area contributed by atoms with Gasteiger partial charge in [0, 0.05) is 5.92 Å². The van der Waals surface area contributed by atoms with Gasteiger partial charge in [-0.2, -0.15) is 0 Å². The number of hydrogen-bond donors (Lipinski definition) is 2. The highest BCUT2D eigenvalue weighted by Crippen LogP contribution is 2.45. The Kier molecular flexibility index (Phi) is 7.80. The summed E-state index contributed by atoms with van der Waals surface area (Å²) in [7, 11) is 0. The molecule has 0 aliphatic heterocycles. The van der Waals surface area contributed by atoms with E-state index in [0.717, 1.165) is 47.9 Å². The molecule has 0 saturated carbocycles. The van der Waals surface area contributed by atoms with E-state index in [0.29, 0.717) is 11.5 Å². The average Bonchev–Trinajstić information content (AvgIpc) is 2.66. The first-order chi connectivity index (χ1) is 14.7. The van der Waals surface area contributed by atoms with Crippen LogP contribution in [-0.4, -0.2) is 10.2 Å². The van der Waals surface area contributed by atoms with Gasteiger partial charge in [0.2, 0.25) is 0 Å². The minimum atomic E-state index is -0.137. The molecule has 0 atom stereocenters. The smallest absolute Gasteiger partial charge is 0.122 e. The minimum absolute atomic E-state index is 0.137. The highest BCUT2D eigenvalue weighted by Gasteiger charge is 2.29. The maximum Gasteiger partial charge on any atom is 0.122 e. The molecule has 0 fully saturated rings. The fourth-order valence-electron chi connectivity index (χ4n) is 5.19. The lowest BCUT2D eigenvalue weighted by Crippen LogP contribution is -2.18. The Labute approximate surface area is 197 Å². The van der Waals surface area contributed by atoms with E-state index >= 15 is 0 Å². The molecular formula is C30H46O2. The summed E-state index contributed by atoms with van der Waals surface area (Å²) < 4.78 is 0. The van der Waals surface area contributed by atoms with Gasteiger partial charge in [-0.05, 0) is 88.4 Å². The highest BCUT2D eigenvalue weighted by molar-refractivity contribution is 5.58. The fourth-order valence-corrected chi connectivity index (χ4v) is 5.19. The summed E-state index contributed by atoms with van der Waals surface area (Å²) in [5.74, 6) is 1.16. The van der Waals surface area contributed by atoms with Crippen molar-refractivity contribution in [3.05, 3.63) is 56.6 Å². The van der Waals surface area contributed by atoms with Crippen LogP contribution in [0.4, 0.5) is 0 Å². The highest BCUT2D eigenvalue weighted by atomic mass is 16.3. The topological polar surface area (TPSA) is 40.5 Å². The third-order valence-corrected chi connectivity index (χ3v) is 7.10. The van der Waals surface area contributed by atoms with Gasteiger partial charge in [-0.25, -0.2) is 0 Å². The van der Waals surface area contributed by atoms with Crippen LogP contribution in [0.5, 0.6) is 11.5 Å². The predicted octanol–water partition coefficient (Wildman–Crippen LogP) is 8.37. The lowest BCUT2D eigenvalue weighted by molar-refractivity contribution is 0.438. The van der Waals surface area contributed by atoms with E-state index in [4.69, 9.17) is 0 Å². The molecule has 2 nitrogen and oxygen atoms in total. The number of hydrogen-bond acceptors (Lipinski definition) is 2. The summed E-state index contributed by atoms with van der Waals surface area (Å²) in [5, 5.41) is 22.2. The normalized spacial score (nSPS) is 12.6. The molecule has 0 aliphatic rings. The lowest BCUT2D eigenvalue weighted by atomic mass is 9.74. The summed E-state index contributed by atoms with van der Waals surface area (Å²) >= 11 is 0. The Morgan fingerprint density at radius 3 is 1.28 bits per heavy atom. The maximum atomic E-state index is 11.1. The Morgan fingerprint density at radius 2 is 1.03 bits per heavy atom. The van der Waals surface area contributed by atoms with Crippen molar-refractivity contribution in [2.75, 3.05) is 0 Å². The third kappa shape index (κ3) is 4.85. The monoisotopic (exact) mass is 438 g/mol. The van der Waals surface area contributed by atoms with E-state index in [2.05, 4.69) is 88.3 Å². The van der Waals surface area contributed by atoms with Crippen molar-refractivity contribution in [1.82, 2.24) is 0 Å². The molecule has 2 heteroatoms. The molecule has 178 valence electrons. The number of phenols is 2. The summed E-state index contributed by atoms with van der Waals surface area (Å²) in [5.41, 5.74) is 8.97. The first kappa shape index (κ1) is 26.3. The average molecular weight is 439 g/mol. The number of benzene rings is 2. The summed E-state index contributed by atoms with van der Waals surface area (Å²) in [4.78, 5) is 0. The second-order valence-corrected chi connectivity index (χ2v) is 11.5. The van der Waals surface area contributed by atoms with Crippen LogP contribution in [0, 0.1) is 13.8 Å². The Bertz CT molecular complexity index is 891. The first-order valence-electron chi connectivity index (χ1n) is 12.4. The Morgan fingerprint density at radius 1 is 0.688 bits per heavy atom. The van der Waals surface area contributed by atoms with Crippen LogP contribution in [0.15, 0.2) is 12.1 Å². The molecule has 0 aromatic heterocycles. The van der Waals surface area contributed by atoms with Crippen molar-refractivity contribution in [1.29, 1.82) is 0 Å². The van der Waals surface area contributed by atoms with E-state index in [1.807, 2.05) is 0 Å². The van der Waals surface area contributed by atoms with Gasteiger partial charge in [-0.3, -0.25) is 0 Å². The van der Waals surface area contributed by atoms with E-state index in [9.17, 15) is 10.2 Å². The Balaban J connectivity index is 2.95. The van der Waals surface area contributed by atoms with Crippen LogP contribution < -0.4 is 0 Å². The quantitative estimate of drug-likeness (QED) is 0.475. The van der Waals surface area contributed by atoms with Crippen LogP contribution in [0.3, 0.4) is 0 Å². The predicted molar refractivity (Wildman–Crippen MR) is 139 cm³/mol. The van der Waals surface area contributed by atoms with E-state index in [1.165, 1.54) is 22.3 Å². The van der Waals surface area contributed by atoms with Crippen molar-refractivity contribution in [2.45, 2.75) is 119 Å². The van der Waals surface area contributed by atoms with Gasteiger partial charge in [-0.1, -0.05) is 80.9 Å². The molecule has 2 aromatic rings. The van der Waals surface area contributed by atoms with Crippen LogP contribution in [0.25, 0.3) is 0 Å². The van der Waals surface area contributed by atoms with Crippen molar-refractivity contribution in [3.63, 3.8) is 0 Å². The number of phenolic OH excluding ortho intramolecular Hbond substituents is 2. The zero-order chi connectivity index (χ0) is 24.6. The maximum absolute atomic E-state index is 11.1. The number of aromatic hydroxyl groups is 2. The zero-order valence-corrected chi connectivity index (χ0v) is 22.5. The van der Waals surface area contributed by atoms with Gasteiger partial charge in [-0.15, -0.1) is 0 Å². The third-order valence-electron chi connectivity index (χ3n) is 7.10. The first-order valence-corrected chi connectivity index (χ1v) is 12.4. The summed E-state index contributed by atoms with van der Waals surface area (Å²) in [6.07, 6.45) is 3.74. The second kappa shape index (κ2) is 9.49. The fraction of sp³-hybridized carbons (Fsp3) is 0.600. The van der Waals surface area contributed by atoms with E-state index < -0.39 is 0 Å². The molecule has 0 amide bonds. The number of rotatable bonds is 6. The van der Waals surface area contributed by atoms with Crippen LogP contribution in [0.2, 0.25) is 0 Å². The molecule has 0 saturated heterocycles. The van der Waals surface area contributed by atoms with Gasteiger partial charge in [0.15, 0.2) is 0 Å². The van der Waals surface area contributed by atoms with Gasteiger partial charge in [0.1, 0.15) is 11.5 Å². The molecule has 2 aromatic carbocycles. The molecule has 0 bridgehead atoms. The summed E-state index contributed by atoms with van der Waals surface area (Å²) in [6.45, 7) is 23.9. The van der Waals surface area contributed by atoms with Crippen LogP contribution in [0.1, 0.15) is 126 Å². The molecule has 0 unspecified atom stereocenters. The molecule has 0 spiro atoms. The zero-order valence-electron chi connectivity index (χ0n) is 22.5. The van der Waals surface area contributed by atoms with Crippen molar-refractivity contribution < 1.29 is 10.2 Å². The van der Waals surface area contributed by atoms with Gasteiger partial charge >= 0.3 is 0 Å². The van der Waals surface area contributed by atoms with E-state index in [-0.39, 0.29) is 16.7 Å². The molecule has 0 heterocycles. The van der Waals surface area contributed by atoms with Crippen LogP contribution >= 0.6 is 0 Å². The largest absolute Gasteiger partial charge is 0.507 e. The van der Waals surface area contributed by atoms with Gasteiger partial charge < -0.3 is 10.2 Å². The van der Waals surface area contributed by atoms with Crippen molar-refractivity contribution in [3.8, 4) is 11.5 Å². The summed E-state index contributed by atoms with van der Waals surface area (Å²) in [6, 6.07) is 4.53. The van der Waals surface area contributed by atoms with Gasteiger partial charge in [0.05, 0.1) is 0 Å².